The van der Waals surface area contributed by atoms with E-state index in [0.29, 0.717) is 11.5 Å². The lowest BCUT2D eigenvalue weighted by Crippen LogP contribution is -2.26. The van der Waals surface area contributed by atoms with Gasteiger partial charge in [-0.15, -0.1) is 11.8 Å². The molecule has 0 aliphatic heterocycles. The highest BCUT2D eigenvalue weighted by Gasteiger charge is 2.32. The Labute approximate surface area is 227 Å². The minimum atomic E-state index is -1.92. The van der Waals surface area contributed by atoms with Crippen LogP contribution in [0.15, 0.2) is 47.4 Å². The van der Waals surface area contributed by atoms with Gasteiger partial charge in [-0.2, -0.15) is 0 Å². The predicted molar refractivity (Wildman–Crippen MR) is 146 cm³/mol. The first kappa shape index (κ1) is 31.1. The summed E-state index contributed by atoms with van der Waals surface area (Å²) < 4.78 is 5.92. The number of non-ortho nitro benzene ring substituents is 1. The van der Waals surface area contributed by atoms with Gasteiger partial charge in [0.15, 0.2) is 6.10 Å². The van der Waals surface area contributed by atoms with Crippen molar-refractivity contribution in [3.05, 3.63) is 63.7 Å². The van der Waals surface area contributed by atoms with Gasteiger partial charge in [-0.05, 0) is 30.7 Å². The van der Waals surface area contributed by atoms with Crippen molar-refractivity contribution < 1.29 is 34.6 Å². The normalized spacial score (nSPS) is 12.6. The number of ether oxygens (including phenoxy) is 1. The molecule has 0 saturated carbocycles. The molecule has 3 N–H and O–H groups in total. The molecule has 9 nitrogen and oxygen atoms in total. The number of nitro benzene ring substituents is 1. The maximum atomic E-state index is 11.7. The van der Waals surface area contributed by atoms with Gasteiger partial charge in [0.1, 0.15) is 5.75 Å². The van der Waals surface area contributed by atoms with E-state index in [2.05, 4.69) is 6.92 Å². The molecule has 2 aromatic carbocycles. The van der Waals surface area contributed by atoms with Crippen LogP contribution in [0.4, 0.5) is 5.69 Å². The summed E-state index contributed by atoms with van der Waals surface area (Å²) in [6.45, 7) is 2.55. The molecule has 208 valence electrons. The fourth-order valence-electron chi connectivity index (χ4n) is 4.05. The predicted octanol–water partition coefficient (Wildman–Crippen LogP) is 6.87. The molecule has 0 aliphatic rings. The van der Waals surface area contributed by atoms with E-state index in [1.165, 1.54) is 74.9 Å². The van der Waals surface area contributed by atoms with Crippen LogP contribution in [0.3, 0.4) is 0 Å². The number of unbranched alkanes of at least 4 members (excludes halogenated alkanes) is 9. The summed E-state index contributed by atoms with van der Waals surface area (Å²) in [6.07, 6.45) is 9.63. The topological polar surface area (TPSA) is 147 Å². The van der Waals surface area contributed by atoms with Crippen molar-refractivity contribution in [1.82, 2.24) is 0 Å². The molecule has 2 aromatic rings. The minimum absolute atomic E-state index is 0.00459. The highest BCUT2D eigenvalue weighted by molar-refractivity contribution is 7.99. The SMILES string of the molecule is CCCCCCCCCCCCOc1ccc([N+](=O)[O-])cc1C(Sc1cccc(C(=O)O)c1)C(O)C(=O)O. The number of thioether (sulfide) groups is 1. The van der Waals surface area contributed by atoms with Gasteiger partial charge in [-0.25, -0.2) is 9.59 Å². The Morgan fingerprint density at radius 1 is 0.947 bits per heavy atom. The zero-order valence-electron chi connectivity index (χ0n) is 21.7. The molecule has 0 fully saturated rings. The molecule has 0 heterocycles. The van der Waals surface area contributed by atoms with Crippen molar-refractivity contribution in [3.63, 3.8) is 0 Å². The van der Waals surface area contributed by atoms with E-state index in [-0.39, 0.29) is 22.6 Å². The molecular formula is C28H37NO8S. The number of rotatable bonds is 19. The van der Waals surface area contributed by atoms with Crippen molar-refractivity contribution in [1.29, 1.82) is 0 Å². The first-order chi connectivity index (χ1) is 18.2. The lowest BCUT2D eigenvalue weighted by atomic mass is 10.0. The number of aliphatic carboxylic acids is 1. The van der Waals surface area contributed by atoms with Gasteiger partial charge in [0, 0.05) is 22.6 Å². The quantitative estimate of drug-likeness (QED) is 0.0741. The second-order valence-corrected chi connectivity index (χ2v) is 10.4. The fourth-order valence-corrected chi connectivity index (χ4v) is 5.25. The molecule has 0 radical (unpaired) electrons. The number of aliphatic hydroxyl groups excluding tert-OH is 1. The number of hydrogen-bond acceptors (Lipinski definition) is 7. The average molecular weight is 548 g/mol. The largest absolute Gasteiger partial charge is 0.493 e. The van der Waals surface area contributed by atoms with Crippen LogP contribution in [0.25, 0.3) is 0 Å². The van der Waals surface area contributed by atoms with Crippen LogP contribution in [0.5, 0.6) is 5.75 Å². The summed E-state index contributed by atoms with van der Waals surface area (Å²) in [7, 11) is 0. The van der Waals surface area contributed by atoms with Crippen LogP contribution in [0, 0.1) is 10.1 Å². The van der Waals surface area contributed by atoms with Crippen LogP contribution in [0.2, 0.25) is 0 Å². The second-order valence-electron chi connectivity index (χ2n) is 9.16. The fraction of sp³-hybridized carbons (Fsp3) is 0.500. The average Bonchev–Trinajstić information content (AvgIpc) is 2.90. The monoisotopic (exact) mass is 547 g/mol. The number of carboxylic acid groups (broad SMARTS) is 2. The summed E-state index contributed by atoms with van der Waals surface area (Å²) in [4.78, 5) is 34.3. The first-order valence-electron chi connectivity index (χ1n) is 13.1. The number of hydrogen-bond donors (Lipinski definition) is 3. The third-order valence-electron chi connectivity index (χ3n) is 6.15. The van der Waals surface area contributed by atoms with E-state index in [4.69, 9.17) is 4.74 Å². The maximum absolute atomic E-state index is 11.7. The molecular weight excluding hydrogens is 510 g/mol. The summed E-state index contributed by atoms with van der Waals surface area (Å²) in [5.41, 5.74) is -0.115. The Hall–Kier alpha value is -3.11. The van der Waals surface area contributed by atoms with Crippen molar-refractivity contribution in [2.45, 2.75) is 87.4 Å². The van der Waals surface area contributed by atoms with Gasteiger partial charge >= 0.3 is 11.9 Å². The molecule has 0 bridgehead atoms. The van der Waals surface area contributed by atoms with Gasteiger partial charge in [0.05, 0.1) is 22.3 Å². The van der Waals surface area contributed by atoms with E-state index in [1.807, 2.05) is 0 Å². The van der Waals surface area contributed by atoms with Crippen LogP contribution in [0.1, 0.15) is 92.3 Å². The van der Waals surface area contributed by atoms with Crippen molar-refractivity contribution in [2.24, 2.45) is 0 Å². The highest BCUT2D eigenvalue weighted by atomic mass is 32.2. The summed E-state index contributed by atoms with van der Waals surface area (Å²) in [5.74, 6) is -2.42. The van der Waals surface area contributed by atoms with Crippen LogP contribution < -0.4 is 4.74 Å². The number of carbonyl (C=O) groups is 2. The van der Waals surface area contributed by atoms with E-state index in [9.17, 15) is 35.0 Å². The van der Waals surface area contributed by atoms with Crippen LogP contribution >= 0.6 is 11.8 Å². The number of aliphatic hydroxyl groups is 1. The minimum Gasteiger partial charge on any atom is -0.493 e. The molecule has 0 aromatic heterocycles. The van der Waals surface area contributed by atoms with Crippen molar-refractivity contribution in [2.75, 3.05) is 6.61 Å². The van der Waals surface area contributed by atoms with Crippen LogP contribution in [-0.2, 0) is 4.79 Å². The molecule has 10 heteroatoms. The number of benzene rings is 2. The van der Waals surface area contributed by atoms with E-state index >= 15 is 0 Å². The van der Waals surface area contributed by atoms with E-state index in [1.54, 1.807) is 6.07 Å². The van der Waals surface area contributed by atoms with Crippen molar-refractivity contribution in [3.8, 4) is 5.75 Å². The highest BCUT2D eigenvalue weighted by Crippen LogP contribution is 2.43. The number of nitro groups is 1. The Morgan fingerprint density at radius 3 is 2.16 bits per heavy atom. The first-order valence-corrected chi connectivity index (χ1v) is 13.9. The van der Waals surface area contributed by atoms with Gasteiger partial charge in [0.2, 0.25) is 0 Å². The molecule has 0 spiro atoms. The number of carboxylic acids is 2. The van der Waals surface area contributed by atoms with E-state index in [0.717, 1.165) is 37.4 Å². The summed E-state index contributed by atoms with van der Waals surface area (Å²) >= 11 is 0.907. The lowest BCUT2D eigenvalue weighted by Gasteiger charge is -2.23. The van der Waals surface area contributed by atoms with Gasteiger partial charge < -0.3 is 20.1 Å². The van der Waals surface area contributed by atoms with Crippen molar-refractivity contribution >= 4 is 29.4 Å². The number of nitrogens with zero attached hydrogens (tertiary/aromatic N) is 1. The Balaban J connectivity index is 2.11. The summed E-state index contributed by atoms with van der Waals surface area (Å²) in [5, 5.41) is 39.6. The Kier molecular flexibility index (Phi) is 13.7. The molecule has 0 saturated heterocycles. The molecule has 2 unspecified atom stereocenters. The zero-order valence-corrected chi connectivity index (χ0v) is 22.5. The van der Waals surface area contributed by atoms with Gasteiger partial charge in [0.25, 0.3) is 5.69 Å². The molecule has 2 atom stereocenters. The Bertz CT molecular complexity index is 1060. The smallest absolute Gasteiger partial charge is 0.335 e. The standard InChI is InChI=1S/C28H37NO8S/c1-2-3-4-5-6-7-8-9-10-11-17-37-24-16-15-21(29(35)36)19-23(24)26(25(30)28(33)34)38-22-14-12-13-20(18-22)27(31)32/h12-16,18-19,25-26,30H,2-11,17H2,1H3,(H,31,32)(H,33,34). The third kappa shape index (κ3) is 10.3. The van der Waals surface area contributed by atoms with Gasteiger partial charge in [-0.3, -0.25) is 10.1 Å². The maximum Gasteiger partial charge on any atom is 0.335 e. The Morgan fingerprint density at radius 2 is 1.58 bits per heavy atom. The lowest BCUT2D eigenvalue weighted by molar-refractivity contribution is -0.384. The third-order valence-corrected chi connectivity index (χ3v) is 7.44. The van der Waals surface area contributed by atoms with E-state index < -0.39 is 28.2 Å². The summed E-state index contributed by atoms with van der Waals surface area (Å²) in [6, 6.07) is 9.74. The van der Waals surface area contributed by atoms with Gasteiger partial charge in [-0.1, -0.05) is 70.8 Å². The molecule has 2 rings (SSSR count). The second kappa shape index (κ2) is 16.7. The zero-order chi connectivity index (χ0) is 27.9. The molecule has 0 aliphatic carbocycles. The molecule has 0 amide bonds. The molecule has 38 heavy (non-hydrogen) atoms. The van der Waals surface area contributed by atoms with Crippen LogP contribution in [-0.4, -0.2) is 44.9 Å². The number of aromatic carboxylic acids is 1.